The van der Waals surface area contributed by atoms with Crippen molar-refractivity contribution in [1.29, 1.82) is 0 Å². The topological polar surface area (TPSA) is 36.8 Å². The number of unbranched alkanes of at least 4 members (excludes halogenated alkanes) is 3. The Kier molecular flexibility index (Phi) is 10.4. The van der Waals surface area contributed by atoms with Gasteiger partial charge in [0.15, 0.2) is 0 Å². The van der Waals surface area contributed by atoms with E-state index in [4.69, 9.17) is 0 Å². The molecule has 0 aromatic carbocycles. The van der Waals surface area contributed by atoms with Crippen LogP contribution in [-0.4, -0.2) is 6.54 Å². The predicted molar refractivity (Wildman–Crippen MR) is 56.4 cm³/mol. The van der Waals surface area contributed by atoms with Gasteiger partial charge in [-0.05, 0) is 12.8 Å². The fourth-order valence-electron chi connectivity index (χ4n) is 0.859. The van der Waals surface area contributed by atoms with Crippen LogP contribution >= 0.6 is 0 Å². The first-order chi connectivity index (χ1) is 6.41. The van der Waals surface area contributed by atoms with Gasteiger partial charge in [0.05, 0.1) is 6.54 Å². The van der Waals surface area contributed by atoms with E-state index in [1.54, 1.807) is 0 Å². The van der Waals surface area contributed by atoms with Crippen LogP contribution in [0.2, 0.25) is 0 Å². The van der Waals surface area contributed by atoms with Crippen molar-refractivity contribution in [3.8, 4) is 0 Å². The maximum absolute atomic E-state index is 3.97. The Hall–Kier alpha value is -0.860. The van der Waals surface area contributed by atoms with Gasteiger partial charge in [-0.1, -0.05) is 44.4 Å². The minimum absolute atomic E-state index is 0.836. The Labute approximate surface area is 81.3 Å². The predicted octanol–water partition coefficient (Wildman–Crippen LogP) is 3.45. The normalized spacial score (nSPS) is 11.5. The molecule has 0 fully saturated rings. The molecule has 0 unspecified atom stereocenters. The van der Waals surface area contributed by atoms with E-state index in [-0.39, 0.29) is 0 Å². The summed E-state index contributed by atoms with van der Waals surface area (Å²) in [5.41, 5.74) is 2.77. The minimum Gasteiger partial charge on any atom is -0.268 e. The number of hydrogen-bond acceptors (Lipinski definition) is 2. The molecule has 0 atom stereocenters. The Morgan fingerprint density at radius 1 is 1.15 bits per heavy atom. The van der Waals surface area contributed by atoms with Gasteiger partial charge in [0.2, 0.25) is 0 Å². The molecule has 0 bridgehead atoms. The Morgan fingerprint density at radius 2 is 2.00 bits per heavy atom. The monoisotopic (exact) mass is 183 g/mol. The molecule has 76 valence electrons. The van der Waals surface area contributed by atoms with Gasteiger partial charge in [0.1, 0.15) is 0 Å². The third-order valence-corrected chi connectivity index (χ3v) is 1.64. The second-order valence-electron chi connectivity index (χ2n) is 2.99. The first-order valence-electron chi connectivity index (χ1n) is 5.18. The van der Waals surface area contributed by atoms with Crippen LogP contribution in [0.15, 0.2) is 22.6 Å². The Morgan fingerprint density at radius 3 is 2.69 bits per heavy atom. The summed E-state index contributed by atoms with van der Waals surface area (Å²) in [4.78, 5) is 0. The molecular formula is C10H21N3. The summed E-state index contributed by atoms with van der Waals surface area (Å²) in [5, 5.41) is 7.77. The molecule has 1 N–H and O–H groups in total. The molecule has 0 heterocycles. The third-order valence-electron chi connectivity index (χ3n) is 1.64. The van der Waals surface area contributed by atoms with E-state index < -0.39 is 0 Å². The smallest absolute Gasteiger partial charge is 0.0620 e. The highest BCUT2D eigenvalue weighted by atomic mass is 15.4. The van der Waals surface area contributed by atoms with E-state index in [2.05, 4.69) is 35.7 Å². The molecule has 0 aliphatic rings. The number of nitrogens with zero attached hydrogens (tertiary/aromatic N) is 2. The van der Waals surface area contributed by atoms with Crippen LogP contribution in [0.3, 0.4) is 0 Å². The highest BCUT2D eigenvalue weighted by Crippen LogP contribution is 1.93. The summed E-state index contributed by atoms with van der Waals surface area (Å²) in [6.45, 7) is 5.17. The maximum atomic E-state index is 3.97. The first-order valence-corrected chi connectivity index (χ1v) is 5.18. The van der Waals surface area contributed by atoms with Crippen LogP contribution in [0.4, 0.5) is 0 Å². The van der Waals surface area contributed by atoms with Gasteiger partial charge in [0.25, 0.3) is 0 Å². The molecule has 13 heavy (non-hydrogen) atoms. The summed E-state index contributed by atoms with van der Waals surface area (Å²) >= 11 is 0. The molecular weight excluding hydrogens is 162 g/mol. The van der Waals surface area contributed by atoms with Crippen LogP contribution in [0.1, 0.15) is 46.0 Å². The highest BCUT2D eigenvalue weighted by molar-refractivity contribution is 4.76. The van der Waals surface area contributed by atoms with Crippen LogP contribution in [0.5, 0.6) is 0 Å². The van der Waals surface area contributed by atoms with Crippen molar-refractivity contribution in [3.63, 3.8) is 0 Å². The first kappa shape index (κ1) is 12.1. The summed E-state index contributed by atoms with van der Waals surface area (Å²) < 4.78 is 0. The average molecular weight is 183 g/mol. The maximum Gasteiger partial charge on any atom is 0.0620 e. The molecule has 3 heteroatoms. The quantitative estimate of drug-likeness (QED) is 0.349. The molecule has 0 saturated heterocycles. The van der Waals surface area contributed by atoms with Gasteiger partial charge >= 0.3 is 0 Å². The summed E-state index contributed by atoms with van der Waals surface area (Å²) in [6.07, 6.45) is 9.78. The van der Waals surface area contributed by atoms with E-state index >= 15 is 0 Å². The van der Waals surface area contributed by atoms with E-state index in [0.29, 0.717) is 0 Å². The lowest BCUT2D eigenvalue weighted by Gasteiger charge is -1.91. The average Bonchev–Trinajstić information content (AvgIpc) is 2.16. The zero-order valence-corrected chi connectivity index (χ0v) is 8.79. The second-order valence-corrected chi connectivity index (χ2v) is 2.99. The lowest BCUT2D eigenvalue weighted by molar-refractivity contribution is 0.687. The van der Waals surface area contributed by atoms with Gasteiger partial charge < -0.3 is 0 Å². The van der Waals surface area contributed by atoms with Gasteiger partial charge in [-0.2, -0.15) is 5.11 Å². The van der Waals surface area contributed by atoms with Crippen molar-refractivity contribution in [1.82, 2.24) is 5.43 Å². The van der Waals surface area contributed by atoms with Gasteiger partial charge in [-0.15, -0.1) is 0 Å². The van der Waals surface area contributed by atoms with Crippen LogP contribution in [-0.2, 0) is 0 Å². The lowest BCUT2D eigenvalue weighted by Crippen LogP contribution is -1.91. The third kappa shape index (κ3) is 11.1. The standard InChI is InChI=1S/C10H21N3/c1-3-5-7-9-11-13-12-10-8-6-4-2/h7,9H,3-6,8,10H2,1-2H3,(H,11,12)/b9-7+. The van der Waals surface area contributed by atoms with Crippen molar-refractivity contribution in [2.75, 3.05) is 6.54 Å². The molecule has 0 amide bonds. The Bertz CT molecular complexity index is 141. The molecule has 0 aromatic rings. The molecule has 0 rings (SSSR count). The van der Waals surface area contributed by atoms with E-state index in [1.165, 1.54) is 19.3 Å². The van der Waals surface area contributed by atoms with E-state index in [9.17, 15) is 0 Å². The number of allylic oxidation sites excluding steroid dienone is 1. The summed E-state index contributed by atoms with van der Waals surface area (Å²) in [6, 6.07) is 0. The SMILES string of the molecule is CCC/C=C/NN=NCCCCC. The molecule has 3 nitrogen and oxygen atoms in total. The van der Waals surface area contributed by atoms with Gasteiger partial charge in [-0.3, -0.25) is 5.43 Å². The molecule has 0 aromatic heterocycles. The van der Waals surface area contributed by atoms with Crippen molar-refractivity contribution in [2.24, 2.45) is 10.3 Å². The van der Waals surface area contributed by atoms with Crippen LogP contribution in [0.25, 0.3) is 0 Å². The molecule has 0 spiro atoms. The van der Waals surface area contributed by atoms with Crippen molar-refractivity contribution >= 4 is 0 Å². The number of hydrogen-bond donors (Lipinski definition) is 1. The van der Waals surface area contributed by atoms with Crippen LogP contribution in [0, 0.1) is 0 Å². The zero-order valence-electron chi connectivity index (χ0n) is 8.79. The van der Waals surface area contributed by atoms with Crippen molar-refractivity contribution < 1.29 is 0 Å². The fourth-order valence-corrected chi connectivity index (χ4v) is 0.859. The largest absolute Gasteiger partial charge is 0.268 e. The van der Waals surface area contributed by atoms with Crippen molar-refractivity contribution in [3.05, 3.63) is 12.3 Å². The molecule has 0 radical (unpaired) electrons. The lowest BCUT2D eigenvalue weighted by atomic mass is 10.3. The van der Waals surface area contributed by atoms with Gasteiger partial charge in [0, 0.05) is 6.20 Å². The fraction of sp³-hybridized carbons (Fsp3) is 0.800. The molecule has 0 aliphatic carbocycles. The van der Waals surface area contributed by atoms with Crippen LogP contribution < -0.4 is 5.43 Å². The van der Waals surface area contributed by atoms with Gasteiger partial charge in [-0.25, -0.2) is 0 Å². The van der Waals surface area contributed by atoms with E-state index in [1.807, 2.05) is 6.20 Å². The minimum atomic E-state index is 0.836. The molecule has 0 aliphatic heterocycles. The van der Waals surface area contributed by atoms with Crippen molar-refractivity contribution in [2.45, 2.75) is 46.0 Å². The molecule has 0 saturated carbocycles. The zero-order chi connectivity index (χ0) is 9.78. The number of rotatable bonds is 8. The summed E-state index contributed by atoms with van der Waals surface area (Å²) in [5.74, 6) is 0. The second kappa shape index (κ2) is 11.1. The summed E-state index contributed by atoms with van der Waals surface area (Å²) in [7, 11) is 0. The number of nitrogens with one attached hydrogen (secondary N) is 1. The highest BCUT2D eigenvalue weighted by Gasteiger charge is 1.81. The van der Waals surface area contributed by atoms with E-state index in [0.717, 1.165) is 19.4 Å². The Balaban J connectivity index is 3.11.